The molecular weight excluding hydrogens is 402 g/mol. The summed E-state index contributed by atoms with van der Waals surface area (Å²) in [4.78, 5) is 13.1. The Hall–Kier alpha value is -3.00. The molecule has 30 heavy (non-hydrogen) atoms. The van der Waals surface area contributed by atoms with Crippen molar-refractivity contribution in [3.63, 3.8) is 0 Å². The van der Waals surface area contributed by atoms with Gasteiger partial charge in [-0.05, 0) is 68.0 Å². The van der Waals surface area contributed by atoms with Crippen LogP contribution in [-0.2, 0) is 29.9 Å². The first kappa shape index (κ1) is 20.3. The highest BCUT2D eigenvalue weighted by atomic mass is 32.2. The fourth-order valence-corrected chi connectivity index (χ4v) is 5.30. The standard InChI is InChI=1S/C22H25N3O4S/c1-15-21(22(26)25(24(15)2)18-11-5-4-6-12-18)23-30(27,28)20-14-17-10-8-7-9-16(17)13-19(20)29-3/h4-6,11-14,23H,7-10H2,1-3H3. The van der Waals surface area contributed by atoms with Crippen LogP contribution in [0.15, 0.2) is 52.2 Å². The summed E-state index contributed by atoms with van der Waals surface area (Å²) in [5.74, 6) is 0.292. The summed E-state index contributed by atoms with van der Waals surface area (Å²) in [5.41, 5.74) is 2.92. The van der Waals surface area contributed by atoms with Gasteiger partial charge >= 0.3 is 0 Å². The van der Waals surface area contributed by atoms with Crippen LogP contribution in [0.3, 0.4) is 0 Å². The topological polar surface area (TPSA) is 82.3 Å². The summed E-state index contributed by atoms with van der Waals surface area (Å²) in [5, 5.41) is 0. The number of ether oxygens (including phenoxy) is 1. The zero-order valence-electron chi connectivity index (χ0n) is 17.3. The minimum absolute atomic E-state index is 0.0288. The second kappa shape index (κ2) is 7.68. The molecule has 158 valence electrons. The number of methoxy groups -OCH3 is 1. The summed E-state index contributed by atoms with van der Waals surface area (Å²) in [6.45, 7) is 1.71. The second-order valence-corrected chi connectivity index (χ2v) is 9.17. The van der Waals surface area contributed by atoms with Gasteiger partial charge in [-0.2, -0.15) is 0 Å². The van der Waals surface area contributed by atoms with Crippen LogP contribution >= 0.6 is 0 Å². The van der Waals surface area contributed by atoms with E-state index in [1.165, 1.54) is 11.8 Å². The summed E-state index contributed by atoms with van der Waals surface area (Å²) >= 11 is 0. The molecule has 1 aliphatic rings. The lowest BCUT2D eigenvalue weighted by Gasteiger charge is -2.19. The fraction of sp³-hybridized carbons (Fsp3) is 0.318. The van der Waals surface area contributed by atoms with E-state index in [2.05, 4.69) is 4.72 Å². The van der Waals surface area contributed by atoms with E-state index in [1.807, 2.05) is 24.3 Å². The molecule has 0 saturated carbocycles. The molecule has 0 amide bonds. The Balaban J connectivity index is 1.79. The van der Waals surface area contributed by atoms with Crippen molar-refractivity contribution in [1.82, 2.24) is 9.36 Å². The average molecular weight is 428 g/mol. The highest BCUT2D eigenvalue weighted by molar-refractivity contribution is 7.92. The van der Waals surface area contributed by atoms with Crippen molar-refractivity contribution >= 4 is 15.7 Å². The van der Waals surface area contributed by atoms with Crippen molar-refractivity contribution in [2.75, 3.05) is 11.8 Å². The Kier molecular flexibility index (Phi) is 5.19. The molecule has 8 heteroatoms. The van der Waals surface area contributed by atoms with Crippen LogP contribution in [0, 0.1) is 6.92 Å². The van der Waals surface area contributed by atoms with Gasteiger partial charge in [0, 0.05) is 7.05 Å². The van der Waals surface area contributed by atoms with Crippen LogP contribution in [0.4, 0.5) is 5.69 Å². The molecule has 4 rings (SSSR count). The molecule has 1 N–H and O–H groups in total. The maximum absolute atomic E-state index is 13.3. The van der Waals surface area contributed by atoms with E-state index in [4.69, 9.17) is 4.74 Å². The fourth-order valence-electron chi connectivity index (χ4n) is 3.99. The van der Waals surface area contributed by atoms with Crippen LogP contribution in [0.1, 0.15) is 29.7 Å². The van der Waals surface area contributed by atoms with E-state index >= 15 is 0 Å². The van der Waals surface area contributed by atoms with E-state index < -0.39 is 15.6 Å². The number of nitrogens with zero attached hydrogens (tertiary/aromatic N) is 2. The zero-order valence-corrected chi connectivity index (χ0v) is 18.1. The number of fused-ring (bicyclic) bond motifs is 1. The molecule has 0 radical (unpaired) electrons. The molecule has 2 aromatic carbocycles. The molecule has 3 aromatic rings. The van der Waals surface area contributed by atoms with Crippen molar-refractivity contribution in [3.8, 4) is 11.4 Å². The van der Waals surface area contributed by atoms with Gasteiger partial charge in [0.25, 0.3) is 15.6 Å². The lowest BCUT2D eigenvalue weighted by molar-refractivity contribution is 0.401. The third-order valence-electron chi connectivity index (χ3n) is 5.71. The maximum Gasteiger partial charge on any atom is 0.296 e. The number of anilines is 1. The Labute approximate surface area is 175 Å². The summed E-state index contributed by atoms with van der Waals surface area (Å²) < 4.78 is 37.5. The van der Waals surface area contributed by atoms with Crippen LogP contribution in [0.2, 0.25) is 0 Å². The predicted octanol–water partition coefficient (Wildman–Crippen LogP) is 3.17. The van der Waals surface area contributed by atoms with Gasteiger partial charge in [0.05, 0.1) is 18.5 Å². The van der Waals surface area contributed by atoms with Gasteiger partial charge in [0.2, 0.25) is 0 Å². The molecule has 0 saturated heterocycles. The summed E-state index contributed by atoms with van der Waals surface area (Å²) in [6, 6.07) is 12.6. The molecular formula is C22H25N3O4S. The van der Waals surface area contributed by atoms with Crippen molar-refractivity contribution in [1.29, 1.82) is 0 Å². The van der Waals surface area contributed by atoms with E-state index in [9.17, 15) is 13.2 Å². The summed E-state index contributed by atoms with van der Waals surface area (Å²) in [7, 11) is -0.841. The number of nitrogens with one attached hydrogen (secondary N) is 1. The number of hydrogen-bond acceptors (Lipinski definition) is 4. The lowest BCUT2D eigenvalue weighted by Crippen LogP contribution is -2.23. The van der Waals surface area contributed by atoms with E-state index in [-0.39, 0.29) is 10.6 Å². The van der Waals surface area contributed by atoms with Gasteiger partial charge in [-0.15, -0.1) is 0 Å². The van der Waals surface area contributed by atoms with Gasteiger partial charge in [-0.1, -0.05) is 18.2 Å². The highest BCUT2D eigenvalue weighted by Gasteiger charge is 2.27. The SMILES string of the molecule is COc1cc2c(cc1S(=O)(=O)Nc1c(C)n(C)n(-c3ccccc3)c1=O)CCCC2. The zero-order chi connectivity index (χ0) is 21.5. The molecule has 0 unspecified atom stereocenters. The number of benzene rings is 2. The molecule has 0 bridgehead atoms. The molecule has 1 aliphatic carbocycles. The average Bonchev–Trinajstić information content (AvgIpc) is 2.96. The van der Waals surface area contributed by atoms with Gasteiger partial charge < -0.3 is 4.74 Å². The molecule has 1 aromatic heterocycles. The predicted molar refractivity (Wildman–Crippen MR) is 116 cm³/mol. The Morgan fingerprint density at radius 3 is 2.30 bits per heavy atom. The first-order valence-electron chi connectivity index (χ1n) is 9.90. The molecule has 0 fully saturated rings. The number of aromatic nitrogens is 2. The van der Waals surface area contributed by atoms with Gasteiger partial charge in [0.1, 0.15) is 16.3 Å². The first-order valence-corrected chi connectivity index (χ1v) is 11.4. The number of aryl methyl sites for hydroxylation is 2. The summed E-state index contributed by atoms with van der Waals surface area (Å²) in [6.07, 6.45) is 3.88. The van der Waals surface area contributed by atoms with Crippen molar-refractivity contribution in [3.05, 3.63) is 69.6 Å². The first-order chi connectivity index (χ1) is 14.3. The van der Waals surface area contributed by atoms with Gasteiger partial charge in [0.15, 0.2) is 0 Å². The number of sulfonamides is 1. The van der Waals surface area contributed by atoms with Gasteiger partial charge in [-0.25, -0.2) is 13.1 Å². The maximum atomic E-state index is 13.3. The van der Waals surface area contributed by atoms with Crippen LogP contribution in [0.5, 0.6) is 5.75 Å². The van der Waals surface area contributed by atoms with E-state index in [0.29, 0.717) is 17.1 Å². The normalized spacial score (nSPS) is 13.7. The lowest BCUT2D eigenvalue weighted by atomic mass is 9.92. The van der Waals surface area contributed by atoms with Crippen molar-refractivity contribution in [2.45, 2.75) is 37.5 Å². The molecule has 0 atom stereocenters. The Morgan fingerprint density at radius 1 is 1.03 bits per heavy atom. The largest absolute Gasteiger partial charge is 0.495 e. The molecule has 0 spiro atoms. The number of hydrogen-bond donors (Lipinski definition) is 1. The third-order valence-corrected chi connectivity index (χ3v) is 7.08. The highest BCUT2D eigenvalue weighted by Crippen LogP contribution is 2.33. The minimum Gasteiger partial charge on any atom is -0.495 e. The van der Waals surface area contributed by atoms with E-state index in [0.717, 1.165) is 36.8 Å². The van der Waals surface area contributed by atoms with Crippen molar-refractivity contribution < 1.29 is 13.2 Å². The minimum atomic E-state index is -4.02. The van der Waals surface area contributed by atoms with Crippen molar-refractivity contribution in [2.24, 2.45) is 7.05 Å². The third kappa shape index (κ3) is 3.41. The smallest absolute Gasteiger partial charge is 0.296 e. The monoisotopic (exact) mass is 427 g/mol. The van der Waals surface area contributed by atoms with Gasteiger partial charge in [-0.3, -0.25) is 14.2 Å². The van der Waals surface area contributed by atoms with Crippen LogP contribution < -0.4 is 15.0 Å². The number of para-hydroxylation sites is 1. The Morgan fingerprint density at radius 2 is 1.67 bits per heavy atom. The van der Waals surface area contributed by atoms with Crippen LogP contribution in [0.25, 0.3) is 5.69 Å². The van der Waals surface area contributed by atoms with E-state index in [1.54, 1.807) is 36.9 Å². The molecule has 7 nitrogen and oxygen atoms in total. The Bertz CT molecular complexity index is 1260. The second-order valence-electron chi connectivity index (χ2n) is 7.52. The number of rotatable bonds is 5. The van der Waals surface area contributed by atoms with Crippen LogP contribution in [-0.4, -0.2) is 24.9 Å². The quantitative estimate of drug-likeness (QED) is 0.678. The molecule has 0 aliphatic heterocycles. The molecule has 1 heterocycles.